The fourth-order valence-corrected chi connectivity index (χ4v) is 3.47. The van der Waals surface area contributed by atoms with E-state index in [1.165, 1.54) is 6.07 Å². The lowest BCUT2D eigenvalue weighted by molar-refractivity contribution is 0.0720. The Kier molecular flexibility index (Phi) is 11.2. The number of hydrogen-bond donors (Lipinski definition) is 0. The normalized spacial score (nSPS) is 11.7. The van der Waals surface area contributed by atoms with E-state index >= 15 is 0 Å². The van der Waals surface area contributed by atoms with Crippen LogP contribution in [0.2, 0.25) is 0 Å². The number of ether oxygens (including phenoxy) is 1. The maximum absolute atomic E-state index is 14.4. The van der Waals surface area contributed by atoms with Gasteiger partial charge in [0, 0.05) is 0 Å². The zero-order valence-corrected chi connectivity index (χ0v) is 19.0. The molecule has 0 amide bonds. The Morgan fingerprint density at radius 1 is 0.824 bits per heavy atom. The Hall–Kier alpha value is -2.77. The second kappa shape index (κ2) is 13.8. The number of benzene rings is 2. The van der Waals surface area contributed by atoms with E-state index in [1.54, 1.807) is 0 Å². The van der Waals surface area contributed by atoms with Crippen LogP contribution in [0.15, 0.2) is 36.2 Å². The van der Waals surface area contributed by atoms with E-state index in [2.05, 4.69) is 6.92 Å². The van der Waals surface area contributed by atoms with Gasteiger partial charge in [-0.25, -0.2) is 26.7 Å². The predicted molar refractivity (Wildman–Crippen MR) is 118 cm³/mol. The summed E-state index contributed by atoms with van der Waals surface area (Å²) < 4.78 is 87.1. The zero-order chi connectivity index (χ0) is 25.1. The van der Waals surface area contributed by atoms with Gasteiger partial charge in [0.1, 0.15) is 12.5 Å². The quantitative estimate of drug-likeness (QED) is 0.124. The highest BCUT2D eigenvalue weighted by molar-refractivity contribution is 5.91. The lowest BCUT2D eigenvalue weighted by atomic mass is 10.0. The molecular weight excluding hydrogens is 458 g/mol. The molecule has 8 heteroatoms. The number of rotatable bonds is 13. The Bertz CT molecular complexity index is 1000. The number of carbonyl (C=O) groups excluding carboxylic acids is 1. The maximum atomic E-state index is 14.4. The molecule has 2 aromatic rings. The van der Waals surface area contributed by atoms with Crippen molar-refractivity contribution in [2.75, 3.05) is 6.67 Å². The minimum absolute atomic E-state index is 0.0779. The summed E-state index contributed by atoms with van der Waals surface area (Å²) in [7, 11) is 0. The van der Waals surface area contributed by atoms with Crippen LogP contribution in [-0.2, 0) is 12.8 Å². The standard InChI is InChI=1S/C26H28F6O2/c1-2-3-4-5-6-7-9-17-13-15-21(25(32)23(17)30)34-26(33)20-14-12-18(22(29)24(20)31)10-8-11-19(28)16-27/h11-15H,2-10,16H2,1H3/b19-11-. The Morgan fingerprint density at radius 2 is 1.44 bits per heavy atom. The molecule has 2 nitrogen and oxygen atoms in total. The van der Waals surface area contributed by atoms with Crippen LogP contribution in [0.4, 0.5) is 26.3 Å². The van der Waals surface area contributed by atoms with Crippen molar-refractivity contribution in [1.29, 1.82) is 0 Å². The van der Waals surface area contributed by atoms with Crippen molar-refractivity contribution < 1.29 is 35.9 Å². The van der Waals surface area contributed by atoms with Crippen molar-refractivity contribution in [3.63, 3.8) is 0 Å². The van der Waals surface area contributed by atoms with Crippen LogP contribution < -0.4 is 4.74 Å². The summed E-state index contributed by atoms with van der Waals surface area (Å²) >= 11 is 0. The summed E-state index contributed by atoms with van der Waals surface area (Å²) in [5, 5.41) is 0. The van der Waals surface area contributed by atoms with Crippen LogP contribution in [-0.4, -0.2) is 12.6 Å². The zero-order valence-electron chi connectivity index (χ0n) is 19.0. The first-order valence-electron chi connectivity index (χ1n) is 11.4. The number of unbranched alkanes of at least 4 members (excludes halogenated alkanes) is 5. The average molecular weight is 486 g/mol. The monoisotopic (exact) mass is 486 g/mol. The molecule has 2 aromatic carbocycles. The van der Waals surface area contributed by atoms with Crippen molar-refractivity contribution in [2.24, 2.45) is 0 Å². The summed E-state index contributed by atoms with van der Waals surface area (Å²) in [6.45, 7) is 0.811. The number of allylic oxidation sites excluding steroid dienone is 2. The smallest absolute Gasteiger partial charge is 0.346 e. The van der Waals surface area contributed by atoms with Gasteiger partial charge in [-0.1, -0.05) is 51.2 Å². The molecule has 0 atom stereocenters. The van der Waals surface area contributed by atoms with Crippen molar-refractivity contribution >= 4 is 5.97 Å². The molecule has 0 aliphatic heterocycles. The summed E-state index contributed by atoms with van der Waals surface area (Å²) in [5.41, 5.74) is -0.816. The second-order valence-corrected chi connectivity index (χ2v) is 7.98. The van der Waals surface area contributed by atoms with Gasteiger partial charge < -0.3 is 4.74 Å². The van der Waals surface area contributed by atoms with Gasteiger partial charge in [-0.05, 0) is 55.0 Å². The molecule has 186 valence electrons. The Morgan fingerprint density at radius 3 is 2.15 bits per heavy atom. The molecule has 0 unspecified atom stereocenters. The largest absolute Gasteiger partial charge is 0.420 e. The van der Waals surface area contributed by atoms with Crippen molar-refractivity contribution in [3.8, 4) is 5.75 Å². The number of halogens is 6. The second-order valence-electron chi connectivity index (χ2n) is 7.98. The maximum Gasteiger partial charge on any atom is 0.346 e. The highest BCUT2D eigenvalue weighted by Crippen LogP contribution is 2.26. The number of esters is 1. The molecule has 34 heavy (non-hydrogen) atoms. The molecule has 0 saturated heterocycles. The molecule has 2 rings (SSSR count). The van der Waals surface area contributed by atoms with Crippen LogP contribution in [0.5, 0.6) is 5.75 Å². The van der Waals surface area contributed by atoms with E-state index in [9.17, 15) is 31.1 Å². The molecule has 0 aliphatic rings. The van der Waals surface area contributed by atoms with Gasteiger partial charge in [-0.2, -0.15) is 4.39 Å². The molecule has 0 aromatic heterocycles. The fourth-order valence-electron chi connectivity index (χ4n) is 3.47. The third kappa shape index (κ3) is 7.64. The first-order valence-corrected chi connectivity index (χ1v) is 11.4. The van der Waals surface area contributed by atoms with Crippen LogP contribution in [0, 0.1) is 23.3 Å². The SMILES string of the molecule is CCCCCCCCc1ccc(OC(=O)c2ccc(CC/C=C(\F)CF)c(F)c2F)c(F)c1F. The topological polar surface area (TPSA) is 26.3 Å². The Labute approximate surface area is 195 Å². The van der Waals surface area contributed by atoms with E-state index in [-0.39, 0.29) is 24.0 Å². The highest BCUT2D eigenvalue weighted by Gasteiger charge is 2.23. The molecule has 0 heterocycles. The third-order valence-corrected chi connectivity index (χ3v) is 5.42. The van der Waals surface area contributed by atoms with Crippen molar-refractivity contribution in [2.45, 2.75) is 64.7 Å². The van der Waals surface area contributed by atoms with Gasteiger partial charge in [0.05, 0.1) is 5.56 Å². The van der Waals surface area contributed by atoms with Crippen LogP contribution >= 0.6 is 0 Å². The molecule has 0 N–H and O–H groups in total. The molecule has 0 fully saturated rings. The Balaban J connectivity index is 2.04. The van der Waals surface area contributed by atoms with Crippen molar-refractivity contribution in [3.05, 3.63) is 76.1 Å². The lowest BCUT2D eigenvalue weighted by Gasteiger charge is -2.11. The fraction of sp³-hybridized carbons (Fsp3) is 0.423. The number of alkyl halides is 1. The van der Waals surface area contributed by atoms with Gasteiger partial charge in [0.25, 0.3) is 0 Å². The first-order chi connectivity index (χ1) is 16.3. The molecule has 0 aliphatic carbocycles. The van der Waals surface area contributed by atoms with Crippen LogP contribution in [0.1, 0.15) is 73.4 Å². The minimum Gasteiger partial charge on any atom is -0.420 e. The number of carbonyl (C=O) groups is 1. The molecule has 0 radical (unpaired) electrons. The predicted octanol–water partition coefficient (Wildman–Crippen LogP) is 8.12. The van der Waals surface area contributed by atoms with E-state index in [4.69, 9.17) is 4.74 Å². The number of hydrogen-bond acceptors (Lipinski definition) is 2. The summed E-state index contributed by atoms with van der Waals surface area (Å²) in [6.07, 6.45) is 6.95. The van der Waals surface area contributed by atoms with Gasteiger partial charge in [-0.3, -0.25) is 0 Å². The molecule has 0 bridgehead atoms. The third-order valence-electron chi connectivity index (χ3n) is 5.42. The molecule has 0 saturated carbocycles. The van der Waals surface area contributed by atoms with E-state index in [0.29, 0.717) is 12.8 Å². The van der Waals surface area contributed by atoms with Gasteiger partial charge in [0.15, 0.2) is 23.2 Å². The highest BCUT2D eigenvalue weighted by atomic mass is 19.2. The first kappa shape index (κ1) is 27.5. The van der Waals surface area contributed by atoms with Gasteiger partial charge in [0.2, 0.25) is 5.82 Å². The summed E-state index contributed by atoms with van der Waals surface area (Å²) in [4.78, 5) is 12.3. The van der Waals surface area contributed by atoms with E-state index in [0.717, 1.165) is 56.4 Å². The molecule has 0 spiro atoms. The minimum atomic E-state index is -1.53. The lowest BCUT2D eigenvalue weighted by Crippen LogP contribution is -2.14. The van der Waals surface area contributed by atoms with Gasteiger partial charge in [-0.15, -0.1) is 0 Å². The van der Waals surface area contributed by atoms with E-state index in [1.807, 2.05) is 0 Å². The van der Waals surface area contributed by atoms with Gasteiger partial charge >= 0.3 is 5.97 Å². The summed E-state index contributed by atoms with van der Waals surface area (Å²) in [6, 6.07) is 4.41. The van der Waals surface area contributed by atoms with Crippen molar-refractivity contribution in [1.82, 2.24) is 0 Å². The van der Waals surface area contributed by atoms with E-state index < -0.39 is 53.1 Å². The van der Waals surface area contributed by atoms with Crippen LogP contribution in [0.3, 0.4) is 0 Å². The number of aryl methyl sites for hydroxylation is 2. The molecular formula is C26H28F6O2. The average Bonchev–Trinajstić information content (AvgIpc) is 2.82. The van der Waals surface area contributed by atoms with Crippen LogP contribution in [0.25, 0.3) is 0 Å². The summed E-state index contributed by atoms with van der Waals surface area (Å²) in [5.74, 6) is -8.56.